The lowest BCUT2D eigenvalue weighted by atomic mass is 9.74. The van der Waals surface area contributed by atoms with Gasteiger partial charge in [0.25, 0.3) is 0 Å². The Morgan fingerprint density at radius 3 is 2.38 bits per heavy atom. The third kappa shape index (κ3) is 3.87. The van der Waals surface area contributed by atoms with Crippen molar-refractivity contribution in [1.29, 1.82) is 0 Å². The summed E-state index contributed by atoms with van der Waals surface area (Å²) < 4.78 is 51.2. The average Bonchev–Trinajstić information content (AvgIpc) is 2.46. The van der Waals surface area contributed by atoms with E-state index in [-0.39, 0.29) is 17.7 Å². The highest BCUT2D eigenvalue weighted by atomic mass is 19.4. The monoisotopic (exact) mass is 305 g/mol. The van der Waals surface area contributed by atoms with Crippen molar-refractivity contribution >= 4 is 5.69 Å². The molecule has 1 aliphatic carbocycles. The molecular weight excluding hydrogens is 286 g/mol. The Morgan fingerprint density at radius 1 is 1.14 bits per heavy atom. The first-order valence-corrected chi connectivity index (χ1v) is 7.08. The number of hydrogen-bond acceptors (Lipinski definition) is 2. The molecular formula is C15H19F4NO. The van der Waals surface area contributed by atoms with E-state index in [0.717, 1.165) is 44.2 Å². The summed E-state index contributed by atoms with van der Waals surface area (Å²) in [6.07, 6.45) is 0.143. The molecule has 2 nitrogen and oxygen atoms in total. The second-order valence-corrected chi connectivity index (χ2v) is 5.76. The lowest BCUT2D eigenvalue weighted by Crippen LogP contribution is -2.35. The number of aliphatic hydroxyl groups excluding tert-OH is 1. The second kappa shape index (κ2) is 6.22. The summed E-state index contributed by atoms with van der Waals surface area (Å²) in [5, 5.41) is 12.5. The molecule has 1 aromatic carbocycles. The summed E-state index contributed by atoms with van der Waals surface area (Å²) in [5.41, 5.74) is -1.33. The lowest BCUT2D eigenvalue weighted by molar-refractivity contribution is -0.139. The number of nitrogens with one attached hydrogen (secondary N) is 1. The molecule has 118 valence electrons. The fourth-order valence-corrected chi connectivity index (χ4v) is 2.83. The van der Waals surface area contributed by atoms with Crippen molar-refractivity contribution in [3.63, 3.8) is 0 Å². The van der Waals surface area contributed by atoms with Crippen LogP contribution in [-0.4, -0.2) is 18.3 Å². The van der Waals surface area contributed by atoms with Crippen LogP contribution in [0.5, 0.6) is 0 Å². The summed E-state index contributed by atoms with van der Waals surface area (Å²) in [7, 11) is 0. The third-order valence-corrected chi connectivity index (χ3v) is 4.19. The van der Waals surface area contributed by atoms with Gasteiger partial charge in [0.2, 0.25) is 0 Å². The molecule has 0 aromatic heterocycles. The molecule has 0 heterocycles. The van der Waals surface area contributed by atoms with Gasteiger partial charge in [0.1, 0.15) is 5.82 Å². The van der Waals surface area contributed by atoms with Gasteiger partial charge in [-0.2, -0.15) is 13.2 Å². The topological polar surface area (TPSA) is 32.3 Å². The Kier molecular flexibility index (Phi) is 4.76. The predicted molar refractivity (Wildman–Crippen MR) is 72.5 cm³/mol. The van der Waals surface area contributed by atoms with Crippen LogP contribution in [0.25, 0.3) is 0 Å². The summed E-state index contributed by atoms with van der Waals surface area (Å²) in [6.45, 7) is 0.403. The highest BCUT2D eigenvalue weighted by Crippen LogP contribution is 2.37. The maximum Gasteiger partial charge on any atom is 0.419 e. The van der Waals surface area contributed by atoms with Gasteiger partial charge in [-0.3, -0.25) is 0 Å². The number of hydrogen-bond donors (Lipinski definition) is 2. The van der Waals surface area contributed by atoms with Gasteiger partial charge in [-0.25, -0.2) is 4.39 Å². The molecule has 1 aliphatic rings. The Labute approximate surface area is 121 Å². The zero-order chi connectivity index (χ0) is 15.5. The number of rotatable bonds is 4. The van der Waals surface area contributed by atoms with Crippen molar-refractivity contribution in [2.45, 2.75) is 38.3 Å². The van der Waals surface area contributed by atoms with Crippen molar-refractivity contribution in [2.24, 2.45) is 5.41 Å². The molecule has 6 heteroatoms. The molecule has 21 heavy (non-hydrogen) atoms. The van der Waals surface area contributed by atoms with Gasteiger partial charge in [-0.05, 0) is 31.0 Å². The van der Waals surface area contributed by atoms with Crippen LogP contribution in [0.4, 0.5) is 23.2 Å². The van der Waals surface area contributed by atoms with Gasteiger partial charge in [0.05, 0.1) is 12.2 Å². The predicted octanol–water partition coefficient (Wildman–Crippen LogP) is 4.20. The van der Waals surface area contributed by atoms with E-state index in [1.807, 2.05) is 0 Å². The van der Waals surface area contributed by atoms with Crippen molar-refractivity contribution < 1.29 is 22.7 Å². The van der Waals surface area contributed by atoms with Crippen LogP contribution in [-0.2, 0) is 6.18 Å². The Balaban J connectivity index is 2.09. The van der Waals surface area contributed by atoms with Gasteiger partial charge in [0, 0.05) is 17.6 Å². The number of alkyl halides is 3. The van der Waals surface area contributed by atoms with Crippen LogP contribution in [0.1, 0.15) is 37.7 Å². The zero-order valence-electron chi connectivity index (χ0n) is 11.6. The molecule has 0 saturated heterocycles. The minimum Gasteiger partial charge on any atom is -0.396 e. The SMILES string of the molecule is OCC1(CNc2ccc(F)c(C(F)(F)F)c2)CCCCC1. The minimum absolute atomic E-state index is 0.00726. The van der Waals surface area contributed by atoms with E-state index in [2.05, 4.69) is 5.32 Å². The van der Waals surface area contributed by atoms with E-state index in [9.17, 15) is 22.7 Å². The standard InChI is InChI=1S/C15H19F4NO/c16-13-5-4-11(8-12(13)15(17,18)19)20-9-14(10-21)6-2-1-3-7-14/h4-5,8,20-21H,1-3,6-7,9-10H2. The normalized spacial score (nSPS) is 18.5. The second-order valence-electron chi connectivity index (χ2n) is 5.76. The van der Waals surface area contributed by atoms with Gasteiger partial charge >= 0.3 is 6.18 Å². The molecule has 1 fully saturated rings. The van der Waals surface area contributed by atoms with Crippen molar-refractivity contribution in [3.8, 4) is 0 Å². The van der Waals surface area contributed by atoms with Crippen molar-refractivity contribution in [2.75, 3.05) is 18.5 Å². The molecule has 0 atom stereocenters. The van der Waals surface area contributed by atoms with Gasteiger partial charge in [-0.15, -0.1) is 0 Å². The van der Waals surface area contributed by atoms with Crippen LogP contribution in [0, 0.1) is 11.2 Å². The molecule has 1 saturated carbocycles. The first-order chi connectivity index (χ1) is 9.86. The fourth-order valence-electron chi connectivity index (χ4n) is 2.83. The van der Waals surface area contributed by atoms with Gasteiger partial charge in [-0.1, -0.05) is 19.3 Å². The first-order valence-electron chi connectivity index (χ1n) is 7.08. The molecule has 0 radical (unpaired) electrons. The Hall–Kier alpha value is -1.30. The highest BCUT2D eigenvalue weighted by molar-refractivity contribution is 5.47. The van der Waals surface area contributed by atoms with Crippen LogP contribution < -0.4 is 5.32 Å². The number of aliphatic hydroxyl groups is 1. The molecule has 2 N–H and O–H groups in total. The van der Waals surface area contributed by atoms with E-state index < -0.39 is 17.6 Å². The molecule has 0 spiro atoms. The fraction of sp³-hybridized carbons (Fsp3) is 0.600. The number of halogens is 4. The van der Waals surface area contributed by atoms with Gasteiger partial charge in [0.15, 0.2) is 0 Å². The van der Waals surface area contributed by atoms with E-state index in [1.54, 1.807) is 0 Å². The number of anilines is 1. The van der Waals surface area contributed by atoms with E-state index in [0.29, 0.717) is 6.54 Å². The molecule has 0 amide bonds. The highest BCUT2D eigenvalue weighted by Gasteiger charge is 2.35. The molecule has 0 bridgehead atoms. The van der Waals surface area contributed by atoms with Crippen LogP contribution in [0.3, 0.4) is 0 Å². The largest absolute Gasteiger partial charge is 0.419 e. The quantitative estimate of drug-likeness (QED) is 0.817. The third-order valence-electron chi connectivity index (χ3n) is 4.19. The van der Waals surface area contributed by atoms with Crippen LogP contribution in [0.2, 0.25) is 0 Å². The molecule has 1 aromatic rings. The molecule has 0 aliphatic heterocycles. The summed E-state index contributed by atoms with van der Waals surface area (Å²) >= 11 is 0. The first kappa shape index (κ1) is 16.1. The Morgan fingerprint density at radius 2 is 1.81 bits per heavy atom. The number of benzene rings is 1. The average molecular weight is 305 g/mol. The summed E-state index contributed by atoms with van der Waals surface area (Å²) in [5.74, 6) is -1.28. The van der Waals surface area contributed by atoms with Crippen LogP contribution in [0.15, 0.2) is 18.2 Å². The van der Waals surface area contributed by atoms with E-state index in [4.69, 9.17) is 0 Å². The van der Waals surface area contributed by atoms with Gasteiger partial charge < -0.3 is 10.4 Å². The van der Waals surface area contributed by atoms with Crippen molar-refractivity contribution in [3.05, 3.63) is 29.6 Å². The van der Waals surface area contributed by atoms with Crippen LogP contribution >= 0.6 is 0 Å². The maximum atomic E-state index is 13.2. The summed E-state index contributed by atoms with van der Waals surface area (Å²) in [4.78, 5) is 0. The summed E-state index contributed by atoms with van der Waals surface area (Å²) in [6, 6.07) is 2.89. The smallest absolute Gasteiger partial charge is 0.396 e. The van der Waals surface area contributed by atoms with E-state index >= 15 is 0 Å². The van der Waals surface area contributed by atoms with E-state index in [1.165, 1.54) is 6.07 Å². The van der Waals surface area contributed by atoms with Crippen molar-refractivity contribution in [1.82, 2.24) is 0 Å². The zero-order valence-corrected chi connectivity index (χ0v) is 11.6. The molecule has 0 unspecified atom stereocenters. The molecule has 2 rings (SSSR count). The Bertz CT molecular complexity index is 481. The minimum atomic E-state index is -4.71. The lowest BCUT2D eigenvalue weighted by Gasteiger charge is -2.36. The maximum absolute atomic E-state index is 13.2.